The maximum atomic E-state index is 14.3. The van der Waals surface area contributed by atoms with Crippen LogP contribution in [-0.2, 0) is 19.8 Å². The van der Waals surface area contributed by atoms with E-state index in [1.807, 2.05) is 91.0 Å². The van der Waals surface area contributed by atoms with Crippen molar-refractivity contribution in [1.82, 2.24) is 4.90 Å². The molecule has 0 spiro atoms. The Labute approximate surface area is 212 Å². The lowest BCUT2D eigenvalue weighted by atomic mass is 10.2. The van der Waals surface area contributed by atoms with Crippen molar-refractivity contribution < 1.29 is 18.9 Å². The molecular formula is C25H26NO4PS3. The minimum Gasteiger partial charge on any atom is -0.465 e. The van der Waals surface area contributed by atoms with Crippen molar-refractivity contribution in [3.63, 3.8) is 0 Å². The lowest BCUT2D eigenvalue weighted by Crippen LogP contribution is -2.34. The molecule has 0 aliphatic carbocycles. The van der Waals surface area contributed by atoms with Gasteiger partial charge in [-0.25, -0.2) is 0 Å². The maximum absolute atomic E-state index is 14.3. The monoisotopic (exact) mass is 531 g/mol. The molecule has 0 aromatic heterocycles. The van der Waals surface area contributed by atoms with Gasteiger partial charge in [0.15, 0.2) is 0 Å². The Balaban J connectivity index is 1.82. The Morgan fingerprint density at radius 3 is 1.82 bits per heavy atom. The first-order valence-corrected chi connectivity index (χ1v) is 16.4. The van der Waals surface area contributed by atoms with Crippen molar-refractivity contribution in [2.24, 2.45) is 0 Å². The molecule has 1 amide bonds. The van der Waals surface area contributed by atoms with Crippen LogP contribution in [0.2, 0.25) is 0 Å². The molecule has 0 N–H and O–H groups in total. The summed E-state index contributed by atoms with van der Waals surface area (Å²) in [4.78, 5) is 28.5. The van der Waals surface area contributed by atoms with E-state index >= 15 is 0 Å². The molecular weight excluding hydrogens is 505 g/mol. The van der Waals surface area contributed by atoms with E-state index in [1.165, 1.54) is 27.7 Å². The third-order valence-electron chi connectivity index (χ3n) is 4.41. The van der Waals surface area contributed by atoms with Crippen LogP contribution in [0, 0.1) is 0 Å². The van der Waals surface area contributed by atoms with Gasteiger partial charge in [0.05, 0.1) is 12.9 Å². The van der Waals surface area contributed by atoms with Crippen LogP contribution in [0.1, 0.15) is 12.5 Å². The molecule has 0 heterocycles. The van der Waals surface area contributed by atoms with E-state index in [1.54, 1.807) is 6.92 Å². The number of rotatable bonds is 11. The molecule has 0 atom stereocenters. The molecule has 0 radical (unpaired) electrons. The Morgan fingerprint density at radius 2 is 1.32 bits per heavy atom. The highest BCUT2D eigenvalue weighted by Gasteiger charge is 2.32. The number of ether oxygens (including phenoxy) is 1. The maximum Gasteiger partial charge on any atom is 0.325 e. The molecule has 34 heavy (non-hydrogen) atoms. The number of esters is 1. The predicted molar refractivity (Wildman–Crippen MR) is 144 cm³/mol. The summed E-state index contributed by atoms with van der Waals surface area (Å²) in [5.41, 5.74) is -2.13. The van der Waals surface area contributed by atoms with Gasteiger partial charge in [-0.1, -0.05) is 78.5 Å². The van der Waals surface area contributed by atoms with E-state index in [0.29, 0.717) is 5.75 Å². The molecule has 0 fully saturated rings. The zero-order chi connectivity index (χ0) is 24.2. The molecule has 3 rings (SSSR count). The summed E-state index contributed by atoms with van der Waals surface area (Å²) in [6, 6.07) is 28.5. The molecule has 3 aromatic carbocycles. The van der Waals surface area contributed by atoms with Crippen molar-refractivity contribution in [3.8, 4) is 0 Å². The zero-order valence-corrected chi connectivity index (χ0v) is 22.1. The number of amides is 1. The fourth-order valence-corrected chi connectivity index (χ4v) is 11.6. The lowest BCUT2D eigenvalue weighted by Gasteiger charge is -2.26. The second kappa shape index (κ2) is 13.7. The molecule has 3 aromatic rings. The number of carbonyl (C=O) groups is 2. The summed E-state index contributed by atoms with van der Waals surface area (Å²) in [7, 11) is 0. The van der Waals surface area contributed by atoms with E-state index in [2.05, 4.69) is 0 Å². The van der Waals surface area contributed by atoms with Gasteiger partial charge in [-0.2, -0.15) is 0 Å². The van der Waals surface area contributed by atoms with E-state index in [0.717, 1.165) is 27.1 Å². The lowest BCUT2D eigenvalue weighted by molar-refractivity contribution is -0.143. The normalized spacial score (nSPS) is 11.1. The Bertz CT molecular complexity index is 1060. The largest absolute Gasteiger partial charge is 0.465 e. The molecule has 0 aliphatic rings. The van der Waals surface area contributed by atoms with E-state index < -0.39 is 11.5 Å². The number of hydrogen-bond donors (Lipinski definition) is 0. The van der Waals surface area contributed by atoms with Crippen molar-refractivity contribution >= 4 is 51.3 Å². The van der Waals surface area contributed by atoms with Gasteiger partial charge in [0.2, 0.25) is 5.55 Å². The smallest absolute Gasteiger partial charge is 0.325 e. The number of hydrogen-bond acceptors (Lipinski definition) is 7. The van der Waals surface area contributed by atoms with Crippen LogP contribution in [0.5, 0.6) is 0 Å². The first kappa shape index (κ1) is 26.5. The minimum absolute atomic E-state index is 0.0639. The van der Waals surface area contributed by atoms with Crippen LogP contribution < -0.4 is 0 Å². The van der Waals surface area contributed by atoms with E-state index in [9.17, 15) is 14.2 Å². The van der Waals surface area contributed by atoms with Crippen LogP contribution in [0.15, 0.2) is 101 Å². The average Bonchev–Trinajstić information content (AvgIpc) is 2.84. The fraction of sp³-hybridized carbons (Fsp3) is 0.200. The summed E-state index contributed by atoms with van der Waals surface area (Å²) < 4.78 is 19.3. The fourth-order valence-electron chi connectivity index (χ4n) is 2.91. The number of benzene rings is 3. The molecule has 9 heteroatoms. The van der Waals surface area contributed by atoms with Gasteiger partial charge in [0.25, 0.3) is 5.24 Å². The molecule has 5 nitrogen and oxygen atoms in total. The van der Waals surface area contributed by atoms with Crippen LogP contribution in [0.3, 0.4) is 0 Å². The standard InChI is InChI=1S/C25H26NO4PS3/c1-2-30-24(27)18-26(25(28)32-19-21-12-6-3-7-13-21)20-31(29,33-22-14-8-4-9-15-22)34-23-16-10-5-11-17-23/h3-17H,2,18-20H2,1H3. The average molecular weight is 532 g/mol. The second-order valence-corrected chi connectivity index (χ2v) is 16.2. The number of thioether (sulfide) groups is 1. The highest BCUT2D eigenvalue weighted by molar-refractivity contribution is 8.90. The first-order chi connectivity index (χ1) is 16.5. The van der Waals surface area contributed by atoms with Gasteiger partial charge < -0.3 is 9.64 Å². The Hall–Kier alpha value is -2.12. The van der Waals surface area contributed by atoms with Crippen LogP contribution in [0.4, 0.5) is 4.79 Å². The predicted octanol–water partition coefficient (Wildman–Crippen LogP) is 7.64. The van der Waals surface area contributed by atoms with Gasteiger partial charge in [0.1, 0.15) is 6.54 Å². The van der Waals surface area contributed by atoms with Crippen molar-refractivity contribution in [3.05, 3.63) is 96.6 Å². The molecule has 0 saturated heterocycles. The van der Waals surface area contributed by atoms with Crippen LogP contribution in [-0.4, -0.2) is 35.5 Å². The van der Waals surface area contributed by atoms with Crippen molar-refractivity contribution in [2.45, 2.75) is 22.5 Å². The molecule has 0 saturated carbocycles. The molecule has 0 bridgehead atoms. The van der Waals surface area contributed by atoms with Crippen LogP contribution in [0.25, 0.3) is 0 Å². The third-order valence-corrected chi connectivity index (χ3v) is 12.6. The third kappa shape index (κ3) is 8.91. The van der Waals surface area contributed by atoms with E-state index in [4.69, 9.17) is 4.74 Å². The van der Waals surface area contributed by atoms with Gasteiger partial charge in [0, 0.05) is 15.5 Å². The minimum atomic E-state index is -3.13. The van der Waals surface area contributed by atoms with Gasteiger partial charge in [-0.05, 0) is 59.5 Å². The number of nitrogens with zero attached hydrogens (tertiary/aromatic N) is 1. The SMILES string of the molecule is CCOC(=O)CN(CP(=O)(Sc1ccccc1)Sc1ccccc1)C(=O)SCc1ccccc1. The summed E-state index contributed by atoms with van der Waals surface area (Å²) in [6.07, 6.45) is -0.0639. The summed E-state index contributed by atoms with van der Waals surface area (Å²) in [6.45, 7) is 1.69. The summed E-state index contributed by atoms with van der Waals surface area (Å²) >= 11 is 3.59. The zero-order valence-electron chi connectivity index (χ0n) is 18.7. The van der Waals surface area contributed by atoms with Gasteiger partial charge in [-0.3, -0.25) is 14.2 Å². The van der Waals surface area contributed by atoms with Crippen molar-refractivity contribution in [1.29, 1.82) is 0 Å². The second-order valence-electron chi connectivity index (χ2n) is 7.10. The highest BCUT2D eigenvalue weighted by atomic mass is 33.1. The number of carbonyl (C=O) groups excluding carboxylic acids is 2. The highest BCUT2D eigenvalue weighted by Crippen LogP contribution is 2.73. The topological polar surface area (TPSA) is 63.7 Å². The summed E-state index contributed by atoms with van der Waals surface area (Å²) in [5.74, 6) is -0.0573. The van der Waals surface area contributed by atoms with E-state index in [-0.39, 0.29) is 24.7 Å². The van der Waals surface area contributed by atoms with Crippen molar-refractivity contribution in [2.75, 3.05) is 19.4 Å². The Morgan fingerprint density at radius 1 is 0.824 bits per heavy atom. The Kier molecular flexibility index (Phi) is 10.7. The molecule has 0 aliphatic heterocycles. The summed E-state index contributed by atoms with van der Waals surface area (Å²) in [5, 5.41) is -0.306. The van der Waals surface area contributed by atoms with Gasteiger partial charge >= 0.3 is 5.97 Å². The van der Waals surface area contributed by atoms with Gasteiger partial charge in [-0.15, -0.1) is 0 Å². The van der Waals surface area contributed by atoms with Crippen LogP contribution >= 0.6 is 40.1 Å². The molecule has 178 valence electrons. The first-order valence-electron chi connectivity index (χ1n) is 10.7. The molecule has 0 unspecified atom stereocenters. The quantitative estimate of drug-likeness (QED) is 0.186.